The van der Waals surface area contributed by atoms with E-state index in [0.717, 1.165) is 24.3 Å². The van der Waals surface area contributed by atoms with Crippen molar-refractivity contribution in [2.45, 2.75) is 0 Å². The number of carboxylic acids is 1. The van der Waals surface area contributed by atoms with Gasteiger partial charge in [-0.1, -0.05) is 12.1 Å². The van der Waals surface area contributed by atoms with Crippen LogP contribution in [-0.2, 0) is 4.57 Å². The second-order valence-electron chi connectivity index (χ2n) is 2.35. The van der Waals surface area contributed by atoms with Gasteiger partial charge in [-0.05, 0) is 25.0 Å². The maximum atomic E-state index is 10.4. The monoisotopic (exact) mass is 288 g/mol. The van der Waals surface area contributed by atoms with E-state index in [2.05, 4.69) is 0 Å². The van der Waals surface area contributed by atoms with Crippen LogP contribution in [0.3, 0.4) is 0 Å². The number of hydrogen-bond acceptors (Lipinski definition) is 4. The summed E-state index contributed by atoms with van der Waals surface area (Å²) in [5, 5.41) is 8.05. The molecule has 0 aliphatic heterocycles. The van der Waals surface area contributed by atoms with E-state index in [1.54, 1.807) is 0 Å². The zero-order valence-corrected chi connectivity index (χ0v) is 11.4. The maximum absolute atomic E-state index is 10.4. The van der Waals surface area contributed by atoms with Gasteiger partial charge in [0.05, 0.1) is 5.56 Å². The minimum Gasteiger partial charge on any atom is -0.807 e. The Labute approximate surface area is 117 Å². The normalized spacial score (nSPS) is 10.4. The van der Waals surface area contributed by atoms with Crippen LogP contribution in [0.2, 0.25) is 0 Å². The van der Waals surface area contributed by atoms with E-state index in [9.17, 15) is 19.1 Å². The van der Waals surface area contributed by atoms with E-state index in [-0.39, 0.29) is 51.0 Å². The third-order valence-corrected chi connectivity index (χ3v) is 2.36. The minimum atomic E-state index is -4.76. The molecular formula is C7H5O5PSr. The molecular weight excluding hydrogens is 283 g/mol. The minimum absolute atomic E-state index is 0. The topological polar surface area (TPSA) is 100 Å². The number of aromatic carboxylic acids is 1. The molecule has 1 N–H and O–H groups in total. The molecule has 70 valence electrons. The maximum Gasteiger partial charge on any atom is 2.00 e. The molecule has 7 heteroatoms. The van der Waals surface area contributed by atoms with Gasteiger partial charge in [-0.2, -0.15) is 0 Å². The number of benzene rings is 1. The molecule has 1 aromatic carbocycles. The average molecular weight is 288 g/mol. The van der Waals surface area contributed by atoms with Gasteiger partial charge in [-0.15, -0.1) is 0 Å². The van der Waals surface area contributed by atoms with E-state index in [1.165, 1.54) is 0 Å². The molecule has 0 aromatic heterocycles. The molecule has 0 saturated heterocycles. The summed E-state index contributed by atoms with van der Waals surface area (Å²) in [6, 6.07) is 4.09. The van der Waals surface area contributed by atoms with Gasteiger partial charge in [0.2, 0.25) is 0 Å². The molecule has 14 heavy (non-hydrogen) atoms. The molecule has 0 unspecified atom stereocenters. The van der Waals surface area contributed by atoms with Crippen molar-refractivity contribution in [2.75, 3.05) is 0 Å². The van der Waals surface area contributed by atoms with Crippen molar-refractivity contribution < 1.29 is 24.3 Å². The third kappa shape index (κ3) is 3.82. The third-order valence-electron chi connectivity index (χ3n) is 1.43. The van der Waals surface area contributed by atoms with E-state index in [1.807, 2.05) is 0 Å². The zero-order valence-electron chi connectivity index (χ0n) is 7.04. The van der Waals surface area contributed by atoms with Gasteiger partial charge >= 0.3 is 51.5 Å². The number of hydrogen-bond donors (Lipinski definition) is 1. The van der Waals surface area contributed by atoms with Crippen molar-refractivity contribution in [3.05, 3.63) is 29.8 Å². The summed E-state index contributed by atoms with van der Waals surface area (Å²) in [6.45, 7) is 0. The quantitative estimate of drug-likeness (QED) is 0.529. The second kappa shape index (κ2) is 5.42. The smallest absolute Gasteiger partial charge is 0.807 e. The van der Waals surface area contributed by atoms with Gasteiger partial charge in [-0.3, -0.25) is 0 Å². The van der Waals surface area contributed by atoms with Crippen molar-refractivity contribution in [1.82, 2.24) is 0 Å². The first-order valence-corrected chi connectivity index (χ1v) is 4.81. The van der Waals surface area contributed by atoms with Crippen molar-refractivity contribution in [1.29, 1.82) is 0 Å². The summed E-state index contributed by atoms with van der Waals surface area (Å²) >= 11 is 0. The Morgan fingerprint density at radius 3 is 1.93 bits per heavy atom. The summed E-state index contributed by atoms with van der Waals surface area (Å²) in [6.07, 6.45) is 0. The van der Waals surface area contributed by atoms with Gasteiger partial charge in [-0.25, -0.2) is 4.79 Å². The molecule has 0 heterocycles. The standard InChI is InChI=1S/C7H7O5P.Sr/c8-7(9)5-1-3-6(4-2-5)13(10,11)12;/h1-4H,(H,8,9)(H2,10,11,12);/q;+2/p-2. The summed E-state index contributed by atoms with van der Waals surface area (Å²) < 4.78 is 10.4. The van der Waals surface area contributed by atoms with Crippen molar-refractivity contribution in [2.24, 2.45) is 0 Å². The predicted molar refractivity (Wildman–Crippen MR) is 46.4 cm³/mol. The molecule has 0 radical (unpaired) electrons. The summed E-state index contributed by atoms with van der Waals surface area (Å²) in [5.74, 6) is -1.17. The van der Waals surface area contributed by atoms with Crippen LogP contribution in [0, 0.1) is 0 Å². The van der Waals surface area contributed by atoms with Crippen LogP contribution in [0.5, 0.6) is 0 Å². The fourth-order valence-corrected chi connectivity index (χ4v) is 1.30. The second-order valence-corrected chi connectivity index (χ2v) is 3.86. The Kier molecular flexibility index (Phi) is 5.54. The van der Waals surface area contributed by atoms with Gasteiger partial charge in [0.1, 0.15) is 0 Å². The molecule has 0 aliphatic carbocycles. The molecule has 5 nitrogen and oxygen atoms in total. The fraction of sp³-hybridized carbons (Fsp3) is 0. The molecule has 0 bridgehead atoms. The van der Waals surface area contributed by atoms with E-state index < -0.39 is 18.9 Å². The molecule has 0 saturated carbocycles. The molecule has 0 atom stereocenters. The van der Waals surface area contributed by atoms with Gasteiger partial charge < -0.3 is 19.5 Å². The van der Waals surface area contributed by atoms with Crippen molar-refractivity contribution >= 4 is 64.4 Å². The summed E-state index contributed by atoms with van der Waals surface area (Å²) in [4.78, 5) is 31.2. The zero-order chi connectivity index (χ0) is 10.1. The van der Waals surface area contributed by atoms with E-state index in [4.69, 9.17) is 5.11 Å². The van der Waals surface area contributed by atoms with Gasteiger partial charge in [0.25, 0.3) is 0 Å². The number of rotatable bonds is 2. The van der Waals surface area contributed by atoms with E-state index >= 15 is 0 Å². The largest absolute Gasteiger partial charge is 2.00 e. The van der Waals surface area contributed by atoms with Crippen LogP contribution < -0.4 is 15.1 Å². The Balaban J connectivity index is 0.00000169. The van der Waals surface area contributed by atoms with Crippen LogP contribution in [0.1, 0.15) is 10.4 Å². The Morgan fingerprint density at radius 1 is 1.21 bits per heavy atom. The Bertz CT molecular complexity index is 368. The first-order valence-electron chi connectivity index (χ1n) is 3.27. The summed E-state index contributed by atoms with van der Waals surface area (Å²) in [5.41, 5.74) is -0.0581. The van der Waals surface area contributed by atoms with Crippen LogP contribution >= 0.6 is 7.60 Å². The van der Waals surface area contributed by atoms with Gasteiger partial charge in [0.15, 0.2) is 0 Å². The molecule has 1 aromatic rings. The van der Waals surface area contributed by atoms with Crippen LogP contribution in [0.15, 0.2) is 24.3 Å². The van der Waals surface area contributed by atoms with Crippen LogP contribution in [0.25, 0.3) is 0 Å². The van der Waals surface area contributed by atoms with Crippen molar-refractivity contribution in [3.8, 4) is 0 Å². The molecule has 0 spiro atoms. The SMILES string of the molecule is O=C(O)c1ccc(P(=O)([O-])[O-])cc1.[Sr+2]. The number of carbonyl (C=O) groups is 1. The molecule has 0 aliphatic rings. The molecule has 0 amide bonds. The first-order chi connectivity index (χ1) is 5.91. The van der Waals surface area contributed by atoms with Crippen molar-refractivity contribution in [3.63, 3.8) is 0 Å². The number of carboxylic acid groups (broad SMARTS) is 1. The Hall–Kier alpha value is 0.321. The van der Waals surface area contributed by atoms with E-state index in [0.29, 0.717) is 0 Å². The van der Waals surface area contributed by atoms with Crippen LogP contribution in [0.4, 0.5) is 0 Å². The van der Waals surface area contributed by atoms with Crippen LogP contribution in [-0.4, -0.2) is 56.6 Å². The van der Waals surface area contributed by atoms with Gasteiger partial charge in [0, 0.05) is 0 Å². The molecule has 0 fully saturated rings. The Morgan fingerprint density at radius 2 is 1.64 bits per heavy atom. The fourth-order valence-electron chi connectivity index (χ4n) is 0.787. The first kappa shape index (κ1) is 14.3. The average Bonchev–Trinajstić information content (AvgIpc) is 2.03. The predicted octanol–water partition coefficient (Wildman–Crippen LogP) is -1.46. The molecule has 1 rings (SSSR count). The summed E-state index contributed by atoms with van der Waals surface area (Å²) in [7, 11) is -4.76.